The molecule has 1 unspecified atom stereocenters. The fourth-order valence-electron chi connectivity index (χ4n) is 2.86. The molecular weight excluding hydrogens is 216 g/mol. The van der Waals surface area contributed by atoms with Crippen LogP contribution in [0.15, 0.2) is 0 Å². The highest BCUT2D eigenvalue weighted by Crippen LogP contribution is 2.26. The van der Waals surface area contributed by atoms with E-state index in [9.17, 15) is 4.79 Å². The molecule has 0 radical (unpaired) electrons. The number of hydrogen-bond donors (Lipinski definition) is 2. The van der Waals surface area contributed by atoms with Gasteiger partial charge in [-0.25, -0.2) is 0 Å². The van der Waals surface area contributed by atoms with Crippen molar-refractivity contribution in [1.82, 2.24) is 5.32 Å². The Labute approximate surface area is 103 Å². The summed E-state index contributed by atoms with van der Waals surface area (Å²) in [5.41, 5.74) is 5.25. The summed E-state index contributed by atoms with van der Waals surface area (Å²) < 4.78 is 5.22. The van der Waals surface area contributed by atoms with Gasteiger partial charge in [-0.05, 0) is 32.1 Å². The van der Waals surface area contributed by atoms with E-state index in [2.05, 4.69) is 12.2 Å². The summed E-state index contributed by atoms with van der Waals surface area (Å²) in [5.74, 6) is 0.590. The Bertz CT molecular complexity index is 269. The average molecular weight is 240 g/mol. The number of carbonyl (C=O) groups excluding carboxylic acids is 1. The predicted molar refractivity (Wildman–Crippen MR) is 66.5 cm³/mol. The minimum Gasteiger partial charge on any atom is -0.379 e. The van der Waals surface area contributed by atoms with E-state index in [1.54, 1.807) is 0 Å². The van der Waals surface area contributed by atoms with E-state index < -0.39 is 5.54 Å². The molecule has 0 bridgehead atoms. The number of amides is 1. The fraction of sp³-hybridized carbons (Fsp3) is 0.923. The van der Waals surface area contributed by atoms with Crippen LogP contribution in [0.1, 0.15) is 45.4 Å². The highest BCUT2D eigenvalue weighted by Gasteiger charge is 2.39. The first-order valence-electron chi connectivity index (χ1n) is 6.79. The van der Waals surface area contributed by atoms with Crippen LogP contribution in [0.5, 0.6) is 0 Å². The number of rotatable bonds is 3. The van der Waals surface area contributed by atoms with Crippen LogP contribution < -0.4 is 11.1 Å². The Morgan fingerprint density at radius 1 is 1.41 bits per heavy atom. The summed E-state index contributed by atoms with van der Waals surface area (Å²) >= 11 is 0. The average Bonchev–Trinajstić information content (AvgIpc) is 2.78. The highest BCUT2D eigenvalue weighted by molar-refractivity contribution is 5.86. The zero-order valence-corrected chi connectivity index (χ0v) is 10.7. The number of hydrogen-bond acceptors (Lipinski definition) is 3. The van der Waals surface area contributed by atoms with Gasteiger partial charge in [0.1, 0.15) is 5.54 Å². The second kappa shape index (κ2) is 5.36. The minimum atomic E-state index is -0.789. The van der Waals surface area contributed by atoms with Crippen molar-refractivity contribution in [2.45, 2.75) is 57.0 Å². The van der Waals surface area contributed by atoms with Gasteiger partial charge in [-0.3, -0.25) is 4.79 Å². The van der Waals surface area contributed by atoms with Gasteiger partial charge < -0.3 is 15.8 Å². The summed E-state index contributed by atoms with van der Waals surface area (Å²) in [5, 5.41) is 3.09. The Hall–Kier alpha value is -0.610. The molecule has 1 saturated heterocycles. The van der Waals surface area contributed by atoms with Gasteiger partial charge in [0.05, 0.1) is 6.61 Å². The fourth-order valence-corrected chi connectivity index (χ4v) is 2.86. The lowest BCUT2D eigenvalue weighted by atomic mass is 9.84. The molecule has 3 N–H and O–H groups in total. The molecule has 1 heterocycles. The van der Waals surface area contributed by atoms with E-state index in [-0.39, 0.29) is 11.9 Å². The van der Waals surface area contributed by atoms with E-state index in [1.165, 1.54) is 32.1 Å². The van der Waals surface area contributed by atoms with Gasteiger partial charge in [-0.15, -0.1) is 0 Å². The zero-order valence-electron chi connectivity index (χ0n) is 10.7. The molecular formula is C13H24N2O2. The quantitative estimate of drug-likeness (QED) is 0.779. The van der Waals surface area contributed by atoms with Crippen molar-refractivity contribution in [1.29, 1.82) is 0 Å². The summed E-state index contributed by atoms with van der Waals surface area (Å²) in [6.07, 6.45) is 7.02. The molecule has 4 nitrogen and oxygen atoms in total. The summed E-state index contributed by atoms with van der Waals surface area (Å²) in [7, 11) is 0. The van der Waals surface area contributed by atoms with Crippen LogP contribution in [0.25, 0.3) is 0 Å². The standard InChI is InChI=1S/C13H24N2O2/c1-10(11-5-3-2-4-6-11)15-12(16)13(14)7-8-17-9-13/h10-11H,2-9,14H2,1H3,(H,15,16)/t10-,13?/m0/s1. The predicted octanol–water partition coefficient (Wildman–Crippen LogP) is 1.19. The van der Waals surface area contributed by atoms with Gasteiger partial charge in [0.25, 0.3) is 0 Å². The molecule has 0 aromatic carbocycles. The summed E-state index contributed by atoms with van der Waals surface area (Å²) in [6.45, 7) is 3.06. The molecule has 0 aromatic rings. The number of carbonyl (C=O) groups is 1. The molecule has 2 fully saturated rings. The molecule has 2 aliphatic rings. The monoisotopic (exact) mass is 240 g/mol. The zero-order chi connectivity index (χ0) is 12.3. The molecule has 4 heteroatoms. The highest BCUT2D eigenvalue weighted by atomic mass is 16.5. The van der Waals surface area contributed by atoms with Crippen molar-refractivity contribution >= 4 is 5.91 Å². The molecule has 0 aromatic heterocycles. The first-order valence-corrected chi connectivity index (χ1v) is 6.79. The molecule has 1 saturated carbocycles. The van der Waals surface area contributed by atoms with E-state index in [4.69, 9.17) is 10.5 Å². The van der Waals surface area contributed by atoms with E-state index in [0.29, 0.717) is 25.6 Å². The Morgan fingerprint density at radius 3 is 2.71 bits per heavy atom. The van der Waals surface area contributed by atoms with E-state index >= 15 is 0 Å². The first-order chi connectivity index (χ1) is 8.12. The van der Waals surface area contributed by atoms with Crippen molar-refractivity contribution < 1.29 is 9.53 Å². The Morgan fingerprint density at radius 2 is 2.12 bits per heavy atom. The lowest BCUT2D eigenvalue weighted by Gasteiger charge is -2.31. The van der Waals surface area contributed by atoms with Gasteiger partial charge >= 0.3 is 0 Å². The maximum Gasteiger partial charge on any atom is 0.242 e. The van der Waals surface area contributed by atoms with Gasteiger partial charge in [0, 0.05) is 12.6 Å². The SMILES string of the molecule is C[C@H](NC(=O)C1(N)CCOC1)C1CCCCC1. The van der Waals surface area contributed by atoms with Crippen molar-refractivity contribution in [2.75, 3.05) is 13.2 Å². The van der Waals surface area contributed by atoms with Crippen LogP contribution in [0.3, 0.4) is 0 Å². The maximum atomic E-state index is 12.1. The minimum absolute atomic E-state index is 0.0342. The van der Waals surface area contributed by atoms with E-state index in [0.717, 1.165) is 0 Å². The van der Waals surface area contributed by atoms with Gasteiger partial charge in [0.15, 0.2) is 0 Å². The third-order valence-electron chi connectivity index (χ3n) is 4.22. The van der Waals surface area contributed by atoms with Crippen LogP contribution in [-0.2, 0) is 9.53 Å². The van der Waals surface area contributed by atoms with Crippen molar-refractivity contribution in [3.8, 4) is 0 Å². The van der Waals surface area contributed by atoms with Crippen molar-refractivity contribution in [3.05, 3.63) is 0 Å². The normalized spacial score (nSPS) is 32.4. The maximum absolute atomic E-state index is 12.1. The molecule has 17 heavy (non-hydrogen) atoms. The Kier molecular flexibility index (Phi) is 4.05. The largest absolute Gasteiger partial charge is 0.379 e. The summed E-state index contributed by atoms with van der Waals surface area (Å²) in [6, 6.07) is 0.240. The van der Waals surface area contributed by atoms with Gasteiger partial charge in [-0.1, -0.05) is 19.3 Å². The van der Waals surface area contributed by atoms with Crippen LogP contribution in [0.2, 0.25) is 0 Å². The number of ether oxygens (including phenoxy) is 1. The third-order valence-corrected chi connectivity index (χ3v) is 4.22. The first kappa shape index (κ1) is 12.8. The molecule has 1 aliphatic heterocycles. The molecule has 2 atom stereocenters. The molecule has 2 rings (SSSR count). The lowest BCUT2D eigenvalue weighted by molar-refractivity contribution is -0.127. The number of nitrogens with one attached hydrogen (secondary N) is 1. The molecule has 1 amide bonds. The van der Waals surface area contributed by atoms with Gasteiger partial charge in [0.2, 0.25) is 5.91 Å². The molecule has 1 aliphatic carbocycles. The van der Waals surface area contributed by atoms with E-state index in [1.807, 2.05) is 0 Å². The van der Waals surface area contributed by atoms with Crippen LogP contribution in [-0.4, -0.2) is 30.7 Å². The second-order valence-corrected chi connectivity index (χ2v) is 5.62. The van der Waals surface area contributed by atoms with Gasteiger partial charge in [-0.2, -0.15) is 0 Å². The summed E-state index contributed by atoms with van der Waals surface area (Å²) in [4.78, 5) is 12.1. The van der Waals surface area contributed by atoms with Crippen molar-refractivity contribution in [2.24, 2.45) is 11.7 Å². The van der Waals surface area contributed by atoms with Crippen LogP contribution >= 0.6 is 0 Å². The topological polar surface area (TPSA) is 64.4 Å². The second-order valence-electron chi connectivity index (χ2n) is 5.62. The molecule has 98 valence electrons. The molecule has 0 spiro atoms. The lowest BCUT2D eigenvalue weighted by Crippen LogP contribution is -2.57. The smallest absolute Gasteiger partial charge is 0.242 e. The third kappa shape index (κ3) is 2.99. The number of nitrogens with two attached hydrogens (primary N) is 1. The van der Waals surface area contributed by atoms with Crippen molar-refractivity contribution in [3.63, 3.8) is 0 Å². The van der Waals surface area contributed by atoms with Crippen LogP contribution in [0, 0.1) is 5.92 Å². The van der Waals surface area contributed by atoms with Crippen LogP contribution in [0.4, 0.5) is 0 Å². The Balaban J connectivity index is 1.84.